The molecule has 2 atom stereocenters. The van der Waals surface area contributed by atoms with Crippen LogP contribution in [0.3, 0.4) is 0 Å². The molecular formula is C14H25FN4OS. The Balaban J connectivity index is 0.00000441. The van der Waals surface area contributed by atoms with Crippen LogP contribution in [0.15, 0.2) is 12.3 Å². The molecule has 0 unspecified atom stereocenters. The molecule has 0 aliphatic carbocycles. The van der Waals surface area contributed by atoms with Gasteiger partial charge >= 0.3 is 0 Å². The zero-order valence-electron chi connectivity index (χ0n) is 12.9. The first-order chi connectivity index (χ1) is 9.79. The molecule has 7 heteroatoms. The highest BCUT2D eigenvalue weighted by molar-refractivity contribution is 7.84. The van der Waals surface area contributed by atoms with E-state index in [1.807, 2.05) is 27.7 Å². The van der Waals surface area contributed by atoms with Crippen molar-refractivity contribution in [1.29, 1.82) is 5.41 Å². The molecule has 0 aromatic carbocycles. The predicted molar refractivity (Wildman–Crippen MR) is 88.1 cm³/mol. The third kappa shape index (κ3) is 5.17. The van der Waals surface area contributed by atoms with E-state index in [0.29, 0.717) is 16.9 Å². The zero-order chi connectivity index (χ0) is 16.0. The zero-order valence-corrected chi connectivity index (χ0v) is 13.7. The molecule has 0 aliphatic heterocycles. The Bertz CT molecular complexity index is 522. The molecule has 1 aromatic rings. The maximum Gasteiger partial charge on any atom is 0.107 e. The van der Waals surface area contributed by atoms with Gasteiger partial charge in [-0.2, -0.15) is 0 Å². The first-order valence-electron chi connectivity index (χ1n) is 6.78. The van der Waals surface area contributed by atoms with Crippen LogP contribution < -0.4 is 10.0 Å². The van der Waals surface area contributed by atoms with Crippen LogP contribution in [-0.2, 0) is 11.0 Å². The second kappa shape index (κ2) is 7.61. The number of alkyl halides is 1. The van der Waals surface area contributed by atoms with Crippen LogP contribution in [-0.4, -0.2) is 33.4 Å². The average Bonchev–Trinajstić information content (AvgIpc) is 2.43. The van der Waals surface area contributed by atoms with Crippen molar-refractivity contribution in [3.63, 3.8) is 0 Å². The molecule has 0 fully saturated rings. The Hall–Kier alpha value is -1.34. The molecule has 0 spiro atoms. The van der Waals surface area contributed by atoms with Crippen molar-refractivity contribution < 1.29 is 10.0 Å². The van der Waals surface area contributed by atoms with Gasteiger partial charge in [0, 0.05) is 19.7 Å². The van der Waals surface area contributed by atoms with E-state index in [9.17, 15) is 8.60 Å². The SMILES string of the molecule is C[C@@H](N[S@](=O)C(C)(C)C)c1cc(C=N)c(NCCF)cn1.[HH]. The molecule has 0 bridgehead atoms. The smallest absolute Gasteiger partial charge is 0.107 e. The van der Waals surface area contributed by atoms with Gasteiger partial charge in [-0.25, -0.2) is 13.3 Å². The van der Waals surface area contributed by atoms with Crippen LogP contribution in [0, 0.1) is 5.41 Å². The first kappa shape index (κ1) is 17.7. The van der Waals surface area contributed by atoms with E-state index in [4.69, 9.17) is 5.41 Å². The quantitative estimate of drug-likeness (QED) is 0.677. The first-order valence-corrected chi connectivity index (χ1v) is 7.93. The van der Waals surface area contributed by atoms with Gasteiger partial charge in [-0.1, -0.05) is 0 Å². The molecule has 3 N–H and O–H groups in total. The number of nitrogens with zero attached hydrogens (tertiary/aromatic N) is 1. The minimum absolute atomic E-state index is 0. The molecule has 0 amide bonds. The predicted octanol–water partition coefficient (Wildman–Crippen LogP) is 2.82. The Morgan fingerprint density at radius 2 is 2.24 bits per heavy atom. The molecule has 1 heterocycles. The summed E-state index contributed by atoms with van der Waals surface area (Å²) in [4.78, 5) is 4.29. The summed E-state index contributed by atoms with van der Waals surface area (Å²) in [5.41, 5.74) is 1.94. The third-order valence-electron chi connectivity index (χ3n) is 2.81. The number of aromatic nitrogens is 1. The summed E-state index contributed by atoms with van der Waals surface area (Å²) in [6.45, 7) is 7.25. The minimum atomic E-state index is -1.20. The Labute approximate surface area is 129 Å². The van der Waals surface area contributed by atoms with Crippen molar-refractivity contribution in [2.24, 2.45) is 0 Å². The van der Waals surface area contributed by atoms with Gasteiger partial charge in [0.25, 0.3) is 0 Å². The van der Waals surface area contributed by atoms with Gasteiger partial charge in [0.2, 0.25) is 0 Å². The van der Waals surface area contributed by atoms with Crippen molar-refractivity contribution in [2.75, 3.05) is 18.5 Å². The summed E-state index contributed by atoms with van der Waals surface area (Å²) >= 11 is 0. The van der Waals surface area contributed by atoms with E-state index in [-0.39, 0.29) is 18.8 Å². The highest BCUT2D eigenvalue weighted by Gasteiger charge is 2.22. The van der Waals surface area contributed by atoms with Crippen LogP contribution >= 0.6 is 0 Å². The topological polar surface area (TPSA) is 77.9 Å². The Morgan fingerprint density at radius 1 is 1.57 bits per heavy atom. The number of nitrogens with one attached hydrogen (secondary N) is 3. The largest absolute Gasteiger partial charge is 0.381 e. The number of halogens is 1. The van der Waals surface area contributed by atoms with Crippen molar-refractivity contribution in [2.45, 2.75) is 38.5 Å². The fourth-order valence-corrected chi connectivity index (χ4v) is 2.37. The Kier molecular flexibility index (Phi) is 6.42. The fourth-order valence-electron chi connectivity index (χ4n) is 1.57. The van der Waals surface area contributed by atoms with Crippen LogP contribution in [0.5, 0.6) is 0 Å². The van der Waals surface area contributed by atoms with E-state index in [1.165, 1.54) is 6.21 Å². The molecule has 0 radical (unpaired) electrons. The maximum atomic E-state index is 12.2. The van der Waals surface area contributed by atoms with Gasteiger partial charge in [0.1, 0.15) is 6.67 Å². The van der Waals surface area contributed by atoms with Crippen molar-refractivity contribution >= 4 is 22.9 Å². The van der Waals surface area contributed by atoms with E-state index in [1.54, 1.807) is 12.3 Å². The molecule has 120 valence electrons. The standard InChI is InChI=1S/C14H23FN4OS.H2/c1-10(19-21(20)14(2,3)4)12-7-11(8-16)13(9-18-12)17-6-5-15;/h7-10,16-17,19H,5-6H2,1-4H3;1H/t10-,21-;/m1./s1. The molecule has 1 rings (SSSR count). The van der Waals surface area contributed by atoms with E-state index >= 15 is 0 Å². The molecular weight excluding hydrogens is 291 g/mol. The summed E-state index contributed by atoms with van der Waals surface area (Å²) < 4.78 is 26.9. The number of rotatable bonds is 7. The van der Waals surface area contributed by atoms with Crippen molar-refractivity contribution in [3.05, 3.63) is 23.5 Å². The van der Waals surface area contributed by atoms with Crippen LogP contribution in [0.4, 0.5) is 10.1 Å². The van der Waals surface area contributed by atoms with E-state index < -0.39 is 17.7 Å². The summed E-state index contributed by atoms with van der Waals surface area (Å²) in [6, 6.07) is 1.53. The van der Waals surface area contributed by atoms with Gasteiger partial charge in [-0.15, -0.1) is 0 Å². The molecule has 0 saturated carbocycles. The minimum Gasteiger partial charge on any atom is -0.381 e. The highest BCUT2D eigenvalue weighted by Crippen LogP contribution is 2.19. The second-order valence-electron chi connectivity index (χ2n) is 5.68. The third-order valence-corrected chi connectivity index (χ3v) is 4.49. The van der Waals surface area contributed by atoms with Gasteiger partial charge < -0.3 is 10.7 Å². The average molecular weight is 316 g/mol. The summed E-state index contributed by atoms with van der Waals surface area (Å²) in [5.74, 6) is 0. The van der Waals surface area contributed by atoms with Crippen LogP contribution in [0.25, 0.3) is 0 Å². The lowest BCUT2D eigenvalue weighted by Crippen LogP contribution is -2.35. The lowest BCUT2D eigenvalue weighted by Gasteiger charge is -2.22. The van der Waals surface area contributed by atoms with Gasteiger partial charge in [0.15, 0.2) is 0 Å². The van der Waals surface area contributed by atoms with Crippen LogP contribution in [0.2, 0.25) is 0 Å². The van der Waals surface area contributed by atoms with E-state index in [0.717, 1.165) is 0 Å². The number of anilines is 1. The highest BCUT2D eigenvalue weighted by atomic mass is 32.2. The number of hydrogen-bond acceptors (Lipinski definition) is 4. The van der Waals surface area contributed by atoms with Crippen molar-refractivity contribution in [3.8, 4) is 0 Å². The fraction of sp³-hybridized carbons (Fsp3) is 0.571. The monoisotopic (exact) mass is 316 g/mol. The molecule has 0 aliphatic rings. The molecule has 5 nitrogen and oxygen atoms in total. The van der Waals surface area contributed by atoms with E-state index in [2.05, 4.69) is 15.0 Å². The second-order valence-corrected chi connectivity index (χ2v) is 7.68. The van der Waals surface area contributed by atoms with Gasteiger partial charge in [-0.05, 0) is 33.8 Å². The van der Waals surface area contributed by atoms with Crippen LogP contribution in [0.1, 0.15) is 46.4 Å². The van der Waals surface area contributed by atoms with Gasteiger partial charge in [0.05, 0.1) is 39.4 Å². The maximum absolute atomic E-state index is 12.2. The summed E-state index contributed by atoms with van der Waals surface area (Å²) in [7, 11) is -1.20. The van der Waals surface area contributed by atoms with Gasteiger partial charge in [-0.3, -0.25) is 4.98 Å². The number of hydrogen-bond donors (Lipinski definition) is 3. The lowest BCUT2D eigenvalue weighted by molar-refractivity contribution is 0.512. The summed E-state index contributed by atoms with van der Waals surface area (Å²) in [5, 5.41) is 10.3. The summed E-state index contributed by atoms with van der Waals surface area (Å²) in [6.07, 6.45) is 2.77. The lowest BCUT2D eigenvalue weighted by atomic mass is 10.1. The normalized spacial score (nSPS) is 14.5. The molecule has 0 saturated heterocycles. The molecule has 1 aromatic heterocycles. The Morgan fingerprint density at radius 3 is 2.76 bits per heavy atom. The number of pyridine rings is 1. The van der Waals surface area contributed by atoms with Crippen molar-refractivity contribution in [1.82, 2.24) is 9.71 Å². The molecule has 21 heavy (non-hydrogen) atoms.